The predicted octanol–water partition coefficient (Wildman–Crippen LogP) is 3.93. The molecule has 1 amide bonds. The molecule has 3 aromatic rings. The zero-order chi connectivity index (χ0) is 20.5. The Hall–Kier alpha value is -2.32. The monoisotopic (exact) mass is 441 g/mol. The van der Waals surface area contributed by atoms with E-state index in [1.807, 2.05) is 34.9 Å². The van der Waals surface area contributed by atoms with Crippen molar-refractivity contribution < 1.29 is 9.53 Å². The normalized spacial score (nSPS) is 16.1. The number of nitrogens with zero attached hydrogens (tertiary/aromatic N) is 3. The molecule has 0 bridgehead atoms. The van der Waals surface area contributed by atoms with Crippen LogP contribution in [0.5, 0.6) is 0 Å². The van der Waals surface area contributed by atoms with Gasteiger partial charge in [0.25, 0.3) is 5.56 Å². The first kappa shape index (κ1) is 19.6. The van der Waals surface area contributed by atoms with E-state index in [2.05, 4.69) is 0 Å². The number of thiophene rings is 1. The number of aryl methyl sites for hydroxylation is 2. The molecule has 1 aliphatic heterocycles. The Labute approximate surface area is 182 Å². The summed E-state index contributed by atoms with van der Waals surface area (Å²) in [7, 11) is 0. The van der Waals surface area contributed by atoms with Crippen LogP contribution in [0, 0.1) is 0 Å². The molecule has 3 heterocycles. The van der Waals surface area contributed by atoms with E-state index in [1.54, 1.807) is 16.2 Å². The van der Waals surface area contributed by atoms with E-state index in [0.717, 1.165) is 40.2 Å². The molecule has 30 heavy (non-hydrogen) atoms. The Balaban J connectivity index is 1.50. The van der Waals surface area contributed by atoms with Gasteiger partial charge in [0.15, 0.2) is 5.16 Å². The van der Waals surface area contributed by atoms with Crippen LogP contribution < -0.4 is 5.56 Å². The number of amides is 1. The second-order valence-corrected chi connectivity index (χ2v) is 9.76. The minimum atomic E-state index is -0.258. The van der Waals surface area contributed by atoms with E-state index in [9.17, 15) is 9.59 Å². The van der Waals surface area contributed by atoms with Gasteiger partial charge >= 0.3 is 6.09 Å². The van der Waals surface area contributed by atoms with E-state index in [4.69, 9.17) is 9.72 Å². The summed E-state index contributed by atoms with van der Waals surface area (Å²) in [6.07, 6.45) is 4.09. The van der Waals surface area contributed by atoms with Crippen molar-refractivity contribution in [3.8, 4) is 0 Å². The molecule has 6 nitrogen and oxygen atoms in total. The number of benzene rings is 1. The number of carbonyl (C=O) groups is 1. The van der Waals surface area contributed by atoms with Gasteiger partial charge in [0.05, 0.1) is 18.5 Å². The topological polar surface area (TPSA) is 64.4 Å². The van der Waals surface area contributed by atoms with Gasteiger partial charge < -0.3 is 9.64 Å². The van der Waals surface area contributed by atoms with Crippen LogP contribution in [0.3, 0.4) is 0 Å². The molecule has 0 unspecified atom stereocenters. The molecule has 2 aromatic heterocycles. The third-order valence-electron chi connectivity index (χ3n) is 5.66. The lowest BCUT2D eigenvalue weighted by Crippen LogP contribution is -2.28. The molecule has 0 atom stereocenters. The highest BCUT2D eigenvalue weighted by molar-refractivity contribution is 7.99. The highest BCUT2D eigenvalue weighted by atomic mass is 32.2. The molecule has 0 radical (unpaired) electrons. The fourth-order valence-electron chi connectivity index (χ4n) is 4.11. The first-order valence-electron chi connectivity index (χ1n) is 10.3. The van der Waals surface area contributed by atoms with Crippen LogP contribution in [-0.2, 0) is 24.1 Å². The smallest absolute Gasteiger partial charge is 0.409 e. The number of hydrogen-bond donors (Lipinski definition) is 0. The van der Waals surface area contributed by atoms with E-state index in [1.165, 1.54) is 28.6 Å². The van der Waals surface area contributed by atoms with Gasteiger partial charge in [-0.05, 0) is 36.8 Å². The second kappa shape index (κ2) is 8.43. The van der Waals surface area contributed by atoms with E-state index in [-0.39, 0.29) is 11.7 Å². The summed E-state index contributed by atoms with van der Waals surface area (Å²) < 4.78 is 6.81. The van der Waals surface area contributed by atoms with Gasteiger partial charge in [-0.3, -0.25) is 9.36 Å². The predicted molar refractivity (Wildman–Crippen MR) is 120 cm³/mol. The van der Waals surface area contributed by atoms with Gasteiger partial charge in [-0.15, -0.1) is 11.3 Å². The van der Waals surface area contributed by atoms with Crippen molar-refractivity contribution >= 4 is 39.4 Å². The molecule has 1 aromatic carbocycles. The number of thioether (sulfide) groups is 1. The van der Waals surface area contributed by atoms with Crippen LogP contribution in [0.4, 0.5) is 4.79 Å². The van der Waals surface area contributed by atoms with Crippen LogP contribution in [0.2, 0.25) is 0 Å². The summed E-state index contributed by atoms with van der Waals surface area (Å²) in [5.74, 6) is 0.674. The molecule has 8 heteroatoms. The lowest BCUT2D eigenvalue weighted by atomic mass is 9.97. The lowest BCUT2D eigenvalue weighted by molar-refractivity contribution is 0.160. The first-order chi connectivity index (χ1) is 14.7. The molecular formula is C22H23N3O3S2. The molecule has 2 aliphatic rings. The van der Waals surface area contributed by atoms with Gasteiger partial charge in [0, 0.05) is 17.2 Å². The SMILES string of the molecule is O=C1OCCN1CCSc1nc2sc3c(c2c(=O)n1Cc1ccccc1)CCCC3. The maximum Gasteiger partial charge on any atom is 0.409 e. The summed E-state index contributed by atoms with van der Waals surface area (Å²) in [5.41, 5.74) is 2.36. The number of carbonyl (C=O) groups excluding carboxylic acids is 1. The highest BCUT2D eigenvalue weighted by Crippen LogP contribution is 2.34. The zero-order valence-electron chi connectivity index (χ0n) is 16.6. The summed E-state index contributed by atoms with van der Waals surface area (Å²) in [6.45, 7) is 2.17. The Kier molecular flexibility index (Phi) is 5.52. The molecule has 1 saturated heterocycles. The quantitative estimate of drug-likeness (QED) is 0.428. The van der Waals surface area contributed by atoms with Crippen molar-refractivity contribution in [3.63, 3.8) is 0 Å². The number of hydrogen-bond acceptors (Lipinski definition) is 6. The largest absolute Gasteiger partial charge is 0.448 e. The average Bonchev–Trinajstić information content (AvgIpc) is 3.34. The van der Waals surface area contributed by atoms with Crippen LogP contribution in [-0.4, -0.2) is 46.0 Å². The van der Waals surface area contributed by atoms with Gasteiger partial charge in [-0.25, -0.2) is 9.78 Å². The number of aromatic nitrogens is 2. The number of cyclic esters (lactones) is 1. The van der Waals surface area contributed by atoms with Crippen LogP contribution >= 0.6 is 23.1 Å². The standard InChI is InChI=1S/C22H23N3O3S2/c26-20-18-16-8-4-5-9-17(16)30-19(18)23-21(25(20)14-15-6-2-1-3-7-15)29-13-11-24-10-12-28-22(24)27/h1-3,6-7H,4-5,8-14H2. The number of rotatable bonds is 6. The molecule has 0 N–H and O–H groups in total. The number of fused-ring (bicyclic) bond motifs is 3. The zero-order valence-corrected chi connectivity index (χ0v) is 18.3. The Morgan fingerprint density at radius 2 is 1.97 bits per heavy atom. The molecule has 1 aliphatic carbocycles. The third kappa shape index (κ3) is 3.74. The van der Waals surface area contributed by atoms with Gasteiger partial charge in [0.2, 0.25) is 0 Å². The first-order valence-corrected chi connectivity index (χ1v) is 12.1. The maximum absolute atomic E-state index is 13.6. The van der Waals surface area contributed by atoms with Crippen molar-refractivity contribution in [2.45, 2.75) is 37.4 Å². The van der Waals surface area contributed by atoms with Crippen LogP contribution in [0.15, 0.2) is 40.3 Å². The highest BCUT2D eigenvalue weighted by Gasteiger charge is 2.24. The van der Waals surface area contributed by atoms with Gasteiger partial charge in [0.1, 0.15) is 11.4 Å². The summed E-state index contributed by atoms with van der Waals surface area (Å²) in [5, 5.41) is 1.54. The van der Waals surface area contributed by atoms with Crippen molar-refractivity contribution in [1.82, 2.24) is 14.5 Å². The Morgan fingerprint density at radius 3 is 2.77 bits per heavy atom. The number of ether oxygens (including phenoxy) is 1. The molecule has 5 rings (SSSR count). The summed E-state index contributed by atoms with van der Waals surface area (Å²) in [4.78, 5) is 34.1. The summed E-state index contributed by atoms with van der Waals surface area (Å²) >= 11 is 3.22. The van der Waals surface area contributed by atoms with Gasteiger partial charge in [-0.1, -0.05) is 42.1 Å². The van der Waals surface area contributed by atoms with Crippen molar-refractivity contribution in [1.29, 1.82) is 0 Å². The average molecular weight is 442 g/mol. The van der Waals surface area contributed by atoms with Gasteiger partial charge in [-0.2, -0.15) is 0 Å². The van der Waals surface area contributed by atoms with Crippen LogP contribution in [0.1, 0.15) is 28.8 Å². The molecular weight excluding hydrogens is 418 g/mol. The molecule has 156 valence electrons. The van der Waals surface area contributed by atoms with E-state index >= 15 is 0 Å². The molecule has 0 spiro atoms. The maximum atomic E-state index is 13.6. The fourth-order valence-corrected chi connectivity index (χ4v) is 6.37. The minimum absolute atomic E-state index is 0.0614. The van der Waals surface area contributed by atoms with E-state index < -0.39 is 0 Å². The molecule has 1 fully saturated rings. The summed E-state index contributed by atoms with van der Waals surface area (Å²) in [6, 6.07) is 10.0. The lowest BCUT2D eigenvalue weighted by Gasteiger charge is -2.15. The second-order valence-electron chi connectivity index (χ2n) is 7.61. The van der Waals surface area contributed by atoms with Crippen molar-refractivity contribution in [2.24, 2.45) is 0 Å². The Bertz CT molecular complexity index is 1140. The minimum Gasteiger partial charge on any atom is -0.448 e. The van der Waals surface area contributed by atoms with Crippen molar-refractivity contribution in [2.75, 3.05) is 25.4 Å². The van der Waals surface area contributed by atoms with Crippen LogP contribution in [0.25, 0.3) is 10.2 Å². The fraction of sp³-hybridized carbons (Fsp3) is 0.409. The Morgan fingerprint density at radius 1 is 1.13 bits per heavy atom. The van der Waals surface area contributed by atoms with E-state index in [0.29, 0.717) is 32.0 Å². The van der Waals surface area contributed by atoms with Crippen molar-refractivity contribution in [3.05, 3.63) is 56.7 Å². The molecule has 0 saturated carbocycles. The third-order valence-corrected chi connectivity index (χ3v) is 7.80.